The summed E-state index contributed by atoms with van der Waals surface area (Å²) in [5, 5.41) is 0.745. The standard InChI is InChI=1S/C17H15FN2O/c1-21-15-8-3-2-5-11(15)9-13-10-12-6-4-7-14(18)16(12)20-17(13)19/h2-8,10H,9H2,1H3,(H2,19,20). The molecule has 0 fully saturated rings. The van der Waals surface area contributed by atoms with E-state index in [0.29, 0.717) is 17.8 Å². The number of ether oxygens (including phenoxy) is 1. The van der Waals surface area contributed by atoms with Crippen LogP contribution >= 0.6 is 0 Å². The Morgan fingerprint density at radius 2 is 1.90 bits per heavy atom. The van der Waals surface area contributed by atoms with Gasteiger partial charge in [0, 0.05) is 11.8 Å². The molecule has 0 aliphatic rings. The van der Waals surface area contributed by atoms with Gasteiger partial charge in [-0.1, -0.05) is 30.3 Å². The number of halogens is 1. The molecule has 0 spiro atoms. The minimum Gasteiger partial charge on any atom is -0.496 e. The SMILES string of the molecule is COc1ccccc1Cc1cc2cccc(F)c2nc1N. The molecule has 21 heavy (non-hydrogen) atoms. The van der Waals surface area contributed by atoms with Gasteiger partial charge in [0.15, 0.2) is 0 Å². The molecular weight excluding hydrogens is 267 g/mol. The van der Waals surface area contributed by atoms with Crippen molar-refractivity contribution in [2.75, 3.05) is 12.8 Å². The molecule has 4 heteroatoms. The zero-order valence-corrected chi connectivity index (χ0v) is 11.6. The Morgan fingerprint density at radius 3 is 2.71 bits per heavy atom. The first kappa shape index (κ1) is 13.4. The highest BCUT2D eigenvalue weighted by Crippen LogP contribution is 2.26. The van der Waals surface area contributed by atoms with E-state index >= 15 is 0 Å². The summed E-state index contributed by atoms with van der Waals surface area (Å²) in [6.45, 7) is 0. The number of para-hydroxylation sites is 2. The number of nitrogens with zero attached hydrogens (tertiary/aromatic N) is 1. The minimum absolute atomic E-state index is 0.304. The Balaban J connectivity index is 2.07. The summed E-state index contributed by atoms with van der Waals surface area (Å²) in [6.07, 6.45) is 0.593. The maximum atomic E-state index is 13.7. The summed E-state index contributed by atoms with van der Waals surface area (Å²) >= 11 is 0. The number of benzene rings is 2. The predicted octanol–water partition coefficient (Wildman–Crippen LogP) is 3.56. The van der Waals surface area contributed by atoms with E-state index in [4.69, 9.17) is 10.5 Å². The first-order valence-electron chi connectivity index (χ1n) is 6.64. The van der Waals surface area contributed by atoms with E-state index in [1.54, 1.807) is 13.2 Å². The second kappa shape index (κ2) is 5.40. The van der Waals surface area contributed by atoms with Crippen LogP contribution in [0.4, 0.5) is 10.2 Å². The van der Waals surface area contributed by atoms with Crippen molar-refractivity contribution in [3.05, 3.63) is 65.5 Å². The quantitative estimate of drug-likeness (QED) is 0.799. The van der Waals surface area contributed by atoms with E-state index in [0.717, 1.165) is 22.3 Å². The van der Waals surface area contributed by atoms with Crippen LogP contribution in [0.25, 0.3) is 10.9 Å². The van der Waals surface area contributed by atoms with Gasteiger partial charge in [0.1, 0.15) is 22.9 Å². The number of nitrogen functional groups attached to an aromatic ring is 1. The van der Waals surface area contributed by atoms with Crippen LogP contribution in [0, 0.1) is 5.82 Å². The molecule has 0 saturated heterocycles. The Hall–Kier alpha value is -2.62. The summed E-state index contributed by atoms with van der Waals surface area (Å²) in [6, 6.07) is 14.5. The van der Waals surface area contributed by atoms with Gasteiger partial charge in [-0.3, -0.25) is 0 Å². The Labute approximate surface area is 122 Å². The lowest BCUT2D eigenvalue weighted by Gasteiger charge is -2.11. The van der Waals surface area contributed by atoms with Crippen LogP contribution in [0.1, 0.15) is 11.1 Å². The molecule has 0 radical (unpaired) electrons. The smallest absolute Gasteiger partial charge is 0.149 e. The number of nitrogens with two attached hydrogens (primary N) is 1. The second-order valence-corrected chi connectivity index (χ2v) is 4.83. The van der Waals surface area contributed by atoms with Crippen LogP contribution in [0.15, 0.2) is 48.5 Å². The van der Waals surface area contributed by atoms with Gasteiger partial charge in [-0.05, 0) is 29.3 Å². The third-order valence-electron chi connectivity index (χ3n) is 3.48. The highest BCUT2D eigenvalue weighted by atomic mass is 19.1. The van der Waals surface area contributed by atoms with E-state index < -0.39 is 0 Å². The molecule has 2 aromatic carbocycles. The van der Waals surface area contributed by atoms with Gasteiger partial charge in [-0.15, -0.1) is 0 Å². The van der Waals surface area contributed by atoms with Crippen LogP contribution in [0.5, 0.6) is 5.75 Å². The Kier molecular flexibility index (Phi) is 3.44. The lowest BCUT2D eigenvalue weighted by Crippen LogP contribution is -2.01. The van der Waals surface area contributed by atoms with Crippen molar-refractivity contribution in [2.45, 2.75) is 6.42 Å². The molecule has 106 valence electrons. The highest BCUT2D eigenvalue weighted by Gasteiger charge is 2.10. The number of fused-ring (bicyclic) bond motifs is 1. The number of hydrogen-bond acceptors (Lipinski definition) is 3. The molecule has 0 aliphatic heterocycles. The van der Waals surface area contributed by atoms with Crippen LogP contribution in [-0.2, 0) is 6.42 Å². The second-order valence-electron chi connectivity index (χ2n) is 4.83. The Morgan fingerprint density at radius 1 is 1.10 bits per heavy atom. The zero-order chi connectivity index (χ0) is 14.8. The lowest BCUT2D eigenvalue weighted by molar-refractivity contribution is 0.410. The molecule has 1 aromatic heterocycles. The average Bonchev–Trinajstić information content (AvgIpc) is 2.50. The van der Waals surface area contributed by atoms with Gasteiger partial charge in [-0.2, -0.15) is 0 Å². The van der Waals surface area contributed by atoms with E-state index in [2.05, 4.69) is 4.98 Å². The zero-order valence-electron chi connectivity index (χ0n) is 11.6. The molecule has 2 N–H and O–H groups in total. The summed E-state index contributed by atoms with van der Waals surface area (Å²) in [7, 11) is 1.64. The summed E-state index contributed by atoms with van der Waals surface area (Å²) in [5.74, 6) is 0.790. The molecule has 0 saturated carbocycles. The van der Waals surface area contributed by atoms with Crippen molar-refractivity contribution in [1.29, 1.82) is 0 Å². The predicted molar refractivity (Wildman–Crippen MR) is 81.9 cm³/mol. The van der Waals surface area contributed by atoms with Crippen molar-refractivity contribution in [2.24, 2.45) is 0 Å². The van der Waals surface area contributed by atoms with Gasteiger partial charge in [0.05, 0.1) is 7.11 Å². The van der Waals surface area contributed by atoms with Gasteiger partial charge < -0.3 is 10.5 Å². The molecule has 1 heterocycles. The van der Waals surface area contributed by atoms with Gasteiger partial charge in [0.25, 0.3) is 0 Å². The third kappa shape index (κ3) is 2.52. The number of aromatic nitrogens is 1. The summed E-state index contributed by atoms with van der Waals surface area (Å²) < 4.78 is 19.0. The molecule has 0 atom stereocenters. The number of methoxy groups -OCH3 is 1. The van der Waals surface area contributed by atoms with Gasteiger partial charge in [-0.25, -0.2) is 9.37 Å². The molecule has 0 bridgehead atoms. The normalized spacial score (nSPS) is 10.8. The first-order valence-corrected chi connectivity index (χ1v) is 6.64. The number of pyridine rings is 1. The maximum Gasteiger partial charge on any atom is 0.149 e. The third-order valence-corrected chi connectivity index (χ3v) is 3.48. The van der Waals surface area contributed by atoms with Gasteiger partial charge in [0.2, 0.25) is 0 Å². The van der Waals surface area contributed by atoms with Crippen molar-refractivity contribution >= 4 is 16.7 Å². The molecule has 0 amide bonds. The fourth-order valence-corrected chi connectivity index (χ4v) is 2.42. The molecule has 3 nitrogen and oxygen atoms in total. The monoisotopic (exact) mass is 282 g/mol. The number of anilines is 1. The maximum absolute atomic E-state index is 13.7. The van der Waals surface area contributed by atoms with Crippen molar-refractivity contribution in [3.63, 3.8) is 0 Å². The fourth-order valence-electron chi connectivity index (χ4n) is 2.42. The van der Waals surface area contributed by atoms with Crippen molar-refractivity contribution < 1.29 is 9.13 Å². The summed E-state index contributed by atoms with van der Waals surface area (Å²) in [4.78, 5) is 4.19. The van der Waals surface area contributed by atoms with Crippen LogP contribution < -0.4 is 10.5 Å². The number of hydrogen-bond donors (Lipinski definition) is 1. The lowest BCUT2D eigenvalue weighted by atomic mass is 10.0. The average molecular weight is 282 g/mol. The van der Waals surface area contributed by atoms with Crippen molar-refractivity contribution in [3.8, 4) is 5.75 Å². The van der Waals surface area contributed by atoms with E-state index in [1.807, 2.05) is 36.4 Å². The van der Waals surface area contributed by atoms with Crippen LogP contribution in [0.2, 0.25) is 0 Å². The molecule has 0 aliphatic carbocycles. The van der Waals surface area contributed by atoms with Gasteiger partial charge >= 0.3 is 0 Å². The Bertz CT molecular complexity index is 802. The van der Waals surface area contributed by atoms with E-state index in [-0.39, 0.29) is 5.82 Å². The first-order chi connectivity index (χ1) is 10.2. The topological polar surface area (TPSA) is 48.1 Å². The highest BCUT2D eigenvalue weighted by molar-refractivity contribution is 5.82. The fraction of sp³-hybridized carbons (Fsp3) is 0.118. The molecule has 3 rings (SSSR count). The largest absolute Gasteiger partial charge is 0.496 e. The number of rotatable bonds is 3. The molecular formula is C17H15FN2O. The minimum atomic E-state index is -0.358. The van der Waals surface area contributed by atoms with E-state index in [9.17, 15) is 4.39 Å². The molecule has 3 aromatic rings. The summed E-state index contributed by atoms with van der Waals surface area (Å²) in [5.41, 5.74) is 8.16. The van der Waals surface area contributed by atoms with Crippen LogP contribution in [0.3, 0.4) is 0 Å². The van der Waals surface area contributed by atoms with E-state index in [1.165, 1.54) is 6.07 Å². The molecule has 0 unspecified atom stereocenters. The van der Waals surface area contributed by atoms with Crippen molar-refractivity contribution in [1.82, 2.24) is 4.98 Å². The van der Waals surface area contributed by atoms with Crippen LogP contribution in [-0.4, -0.2) is 12.1 Å².